The number of nitrogens with one attached hydrogen (secondary N) is 1. The number of nitrogens with zero attached hydrogens (tertiary/aromatic N) is 2. The van der Waals surface area contributed by atoms with E-state index in [0.29, 0.717) is 23.7 Å². The van der Waals surface area contributed by atoms with Gasteiger partial charge in [-0.2, -0.15) is 0 Å². The molecule has 0 saturated carbocycles. The number of ether oxygens (including phenoxy) is 3. The monoisotopic (exact) mass is 409 g/mol. The fraction of sp³-hybridized carbons (Fsp3) is 0.318. The highest BCUT2D eigenvalue weighted by Gasteiger charge is 2.27. The molecule has 156 valence electrons. The molecule has 2 heterocycles. The molecule has 1 amide bonds. The van der Waals surface area contributed by atoms with Gasteiger partial charge in [0, 0.05) is 5.56 Å². The van der Waals surface area contributed by atoms with Crippen LogP contribution >= 0.6 is 0 Å². The molecule has 1 atom stereocenters. The number of para-hydroxylation sites is 2. The first-order valence-corrected chi connectivity index (χ1v) is 9.99. The van der Waals surface area contributed by atoms with Crippen molar-refractivity contribution in [3.63, 3.8) is 0 Å². The smallest absolute Gasteiger partial charge is 0.322 e. The van der Waals surface area contributed by atoms with E-state index in [2.05, 4.69) is 22.4 Å². The van der Waals surface area contributed by atoms with Crippen LogP contribution in [-0.4, -0.2) is 29.3 Å². The number of benzene rings is 2. The largest absolute Gasteiger partial charge is 0.494 e. The molecule has 1 N–H and O–H groups in total. The number of hydrogen-bond acceptors (Lipinski definition) is 7. The van der Waals surface area contributed by atoms with E-state index in [4.69, 9.17) is 18.6 Å². The quantitative estimate of drug-likeness (QED) is 0.551. The Balaban J connectivity index is 1.33. The minimum Gasteiger partial charge on any atom is -0.494 e. The van der Waals surface area contributed by atoms with Crippen molar-refractivity contribution in [2.75, 3.05) is 18.5 Å². The summed E-state index contributed by atoms with van der Waals surface area (Å²) in [6.07, 6.45) is 2.76. The summed E-state index contributed by atoms with van der Waals surface area (Å²) >= 11 is 0. The molecule has 0 spiro atoms. The number of rotatable bonds is 8. The molecule has 4 rings (SSSR count). The van der Waals surface area contributed by atoms with Gasteiger partial charge in [-0.3, -0.25) is 10.1 Å². The van der Waals surface area contributed by atoms with Crippen LogP contribution in [-0.2, 0) is 0 Å². The predicted octanol–water partition coefficient (Wildman–Crippen LogP) is 4.40. The molecule has 8 nitrogen and oxygen atoms in total. The highest BCUT2D eigenvalue weighted by Crippen LogP contribution is 2.35. The standard InChI is InChI=1S/C22H23N3O5/c1-2-3-6-13-27-16-11-9-15(10-12-16)20(26)23-22-25-24-21(30-22)19-14-28-17-7-4-5-8-18(17)29-19/h4-5,7-12,19H,2-3,6,13-14H2,1H3,(H,23,25,26)/t19-/m0/s1. The van der Waals surface area contributed by atoms with E-state index in [-0.39, 0.29) is 24.4 Å². The van der Waals surface area contributed by atoms with Crippen LogP contribution in [0.2, 0.25) is 0 Å². The van der Waals surface area contributed by atoms with Gasteiger partial charge in [0.05, 0.1) is 6.61 Å². The summed E-state index contributed by atoms with van der Waals surface area (Å²) in [6.45, 7) is 3.06. The maximum absolute atomic E-state index is 12.4. The highest BCUT2D eigenvalue weighted by molar-refractivity contribution is 6.03. The maximum Gasteiger partial charge on any atom is 0.322 e. The van der Waals surface area contributed by atoms with Gasteiger partial charge in [-0.15, -0.1) is 5.10 Å². The van der Waals surface area contributed by atoms with E-state index in [0.717, 1.165) is 25.0 Å². The van der Waals surface area contributed by atoms with Crippen LogP contribution in [0, 0.1) is 0 Å². The summed E-state index contributed by atoms with van der Waals surface area (Å²) in [5, 5.41) is 10.4. The Kier molecular flexibility index (Phi) is 6.12. The third-order valence-electron chi connectivity index (χ3n) is 4.58. The second-order valence-corrected chi connectivity index (χ2v) is 6.84. The number of aromatic nitrogens is 2. The van der Waals surface area contributed by atoms with E-state index < -0.39 is 6.10 Å². The number of unbranched alkanes of at least 4 members (excludes halogenated alkanes) is 2. The Labute approximate surface area is 174 Å². The van der Waals surface area contributed by atoms with Gasteiger partial charge in [0.25, 0.3) is 11.8 Å². The lowest BCUT2D eigenvalue weighted by molar-refractivity contribution is 0.0716. The molecule has 1 aliphatic rings. The van der Waals surface area contributed by atoms with Crippen LogP contribution in [0.5, 0.6) is 17.2 Å². The Morgan fingerprint density at radius 3 is 2.70 bits per heavy atom. The molecule has 0 aliphatic carbocycles. The molecule has 1 aliphatic heterocycles. The first-order valence-electron chi connectivity index (χ1n) is 9.99. The second-order valence-electron chi connectivity index (χ2n) is 6.84. The van der Waals surface area contributed by atoms with Crippen LogP contribution in [0.4, 0.5) is 6.01 Å². The van der Waals surface area contributed by atoms with Crippen molar-refractivity contribution in [1.29, 1.82) is 0 Å². The van der Waals surface area contributed by atoms with E-state index >= 15 is 0 Å². The van der Waals surface area contributed by atoms with Crippen molar-refractivity contribution in [2.45, 2.75) is 32.3 Å². The lowest BCUT2D eigenvalue weighted by atomic mass is 10.2. The Hall–Kier alpha value is -3.55. The summed E-state index contributed by atoms with van der Waals surface area (Å²) in [5.74, 6) is 1.89. The highest BCUT2D eigenvalue weighted by atomic mass is 16.6. The van der Waals surface area contributed by atoms with Crippen molar-refractivity contribution in [3.05, 3.63) is 60.0 Å². The third-order valence-corrected chi connectivity index (χ3v) is 4.58. The average Bonchev–Trinajstić information content (AvgIpc) is 3.25. The predicted molar refractivity (Wildman–Crippen MR) is 109 cm³/mol. The maximum atomic E-state index is 12.4. The molecule has 1 aromatic heterocycles. The van der Waals surface area contributed by atoms with E-state index in [1.54, 1.807) is 30.3 Å². The molecule has 0 bridgehead atoms. The fourth-order valence-corrected chi connectivity index (χ4v) is 2.97. The van der Waals surface area contributed by atoms with Gasteiger partial charge in [0.15, 0.2) is 11.5 Å². The molecule has 0 saturated heterocycles. The number of fused-ring (bicyclic) bond motifs is 1. The summed E-state index contributed by atoms with van der Waals surface area (Å²) < 4.78 is 22.7. The molecule has 2 aromatic carbocycles. The summed E-state index contributed by atoms with van der Waals surface area (Å²) in [5.41, 5.74) is 0.460. The molecule has 3 aromatic rings. The van der Waals surface area contributed by atoms with Crippen molar-refractivity contribution in [1.82, 2.24) is 10.2 Å². The van der Waals surface area contributed by atoms with E-state index in [1.807, 2.05) is 18.2 Å². The average molecular weight is 409 g/mol. The Morgan fingerprint density at radius 2 is 1.90 bits per heavy atom. The SMILES string of the molecule is CCCCCOc1ccc(C(=O)Nc2nnc([C@@H]3COc4ccccc4O3)o2)cc1. The zero-order valence-electron chi connectivity index (χ0n) is 16.7. The van der Waals surface area contributed by atoms with Crippen LogP contribution in [0.1, 0.15) is 48.5 Å². The Bertz CT molecular complexity index is 986. The number of hydrogen-bond donors (Lipinski definition) is 1. The molecular formula is C22H23N3O5. The van der Waals surface area contributed by atoms with Gasteiger partial charge in [-0.1, -0.05) is 37.0 Å². The zero-order chi connectivity index (χ0) is 20.8. The summed E-state index contributed by atoms with van der Waals surface area (Å²) in [7, 11) is 0. The van der Waals surface area contributed by atoms with Gasteiger partial charge in [-0.25, -0.2) is 0 Å². The number of anilines is 1. The van der Waals surface area contributed by atoms with Crippen molar-refractivity contribution >= 4 is 11.9 Å². The van der Waals surface area contributed by atoms with Crippen LogP contribution in [0.3, 0.4) is 0 Å². The molecule has 0 fully saturated rings. The normalized spacial score (nSPS) is 14.9. The minimum absolute atomic E-state index is 0.00245. The van der Waals surface area contributed by atoms with Gasteiger partial charge < -0.3 is 18.6 Å². The molecule has 0 unspecified atom stereocenters. The van der Waals surface area contributed by atoms with Crippen molar-refractivity contribution in [3.8, 4) is 17.2 Å². The summed E-state index contributed by atoms with van der Waals surface area (Å²) in [4.78, 5) is 12.4. The number of amides is 1. The van der Waals surface area contributed by atoms with E-state index in [9.17, 15) is 4.79 Å². The van der Waals surface area contributed by atoms with E-state index in [1.165, 1.54) is 0 Å². The topological polar surface area (TPSA) is 95.7 Å². The lowest BCUT2D eigenvalue weighted by Gasteiger charge is -2.23. The second kappa shape index (κ2) is 9.30. The van der Waals surface area contributed by atoms with Gasteiger partial charge in [0.1, 0.15) is 12.4 Å². The van der Waals surface area contributed by atoms with Gasteiger partial charge in [-0.05, 0) is 42.8 Å². The number of carbonyl (C=O) groups excluding carboxylic acids is 1. The van der Waals surface area contributed by atoms with Crippen LogP contribution in [0.25, 0.3) is 0 Å². The zero-order valence-corrected chi connectivity index (χ0v) is 16.7. The molecular weight excluding hydrogens is 386 g/mol. The molecule has 8 heteroatoms. The van der Waals surface area contributed by atoms with Crippen LogP contribution in [0.15, 0.2) is 52.9 Å². The lowest BCUT2D eigenvalue weighted by Crippen LogP contribution is -2.21. The summed E-state index contributed by atoms with van der Waals surface area (Å²) in [6, 6.07) is 14.3. The van der Waals surface area contributed by atoms with Crippen molar-refractivity contribution < 1.29 is 23.4 Å². The first-order chi connectivity index (χ1) is 14.7. The van der Waals surface area contributed by atoms with Crippen molar-refractivity contribution in [2.24, 2.45) is 0 Å². The molecule has 30 heavy (non-hydrogen) atoms. The third kappa shape index (κ3) is 4.71. The number of carbonyl (C=O) groups is 1. The minimum atomic E-state index is -0.540. The van der Waals surface area contributed by atoms with Gasteiger partial charge >= 0.3 is 6.01 Å². The Morgan fingerprint density at radius 1 is 1.10 bits per heavy atom. The van der Waals surface area contributed by atoms with Gasteiger partial charge in [0.2, 0.25) is 6.10 Å². The fourth-order valence-electron chi connectivity index (χ4n) is 2.97. The first kappa shape index (κ1) is 19.8. The van der Waals surface area contributed by atoms with Crippen LogP contribution < -0.4 is 19.5 Å². The molecule has 0 radical (unpaired) electrons.